The van der Waals surface area contributed by atoms with Crippen LogP contribution in [0.15, 0.2) is 107 Å². The quantitative estimate of drug-likeness (QED) is 0.0676. The summed E-state index contributed by atoms with van der Waals surface area (Å²) >= 11 is 0. The van der Waals surface area contributed by atoms with Crippen LogP contribution in [-0.2, 0) is 12.8 Å². The van der Waals surface area contributed by atoms with Crippen LogP contribution in [0.25, 0.3) is 0 Å². The summed E-state index contributed by atoms with van der Waals surface area (Å²) in [5.74, 6) is 3.50. The molecule has 0 N–H and O–H groups in total. The Kier molecular flexibility index (Phi) is 15.7. The summed E-state index contributed by atoms with van der Waals surface area (Å²) in [6.45, 7) is 4.54. The maximum absolute atomic E-state index is 6.09. The third-order valence-corrected chi connectivity index (χ3v) is 10.3. The van der Waals surface area contributed by atoms with E-state index < -0.39 is 0 Å². The highest BCUT2D eigenvalue weighted by Crippen LogP contribution is 2.39. The van der Waals surface area contributed by atoms with E-state index in [1.807, 2.05) is 24.3 Å². The largest absolute Gasteiger partial charge is 0.457 e. The first-order valence-corrected chi connectivity index (χ1v) is 18.9. The van der Waals surface area contributed by atoms with Crippen molar-refractivity contribution in [3.63, 3.8) is 0 Å². The summed E-state index contributed by atoms with van der Waals surface area (Å²) in [6, 6.07) is 33.8. The predicted molar refractivity (Wildman–Crippen MR) is 192 cm³/mol. The van der Waals surface area contributed by atoms with E-state index >= 15 is 0 Å². The molecule has 0 radical (unpaired) electrons. The molecule has 2 nitrogen and oxygen atoms in total. The van der Waals surface area contributed by atoms with Crippen molar-refractivity contribution in [2.45, 2.75) is 114 Å². The van der Waals surface area contributed by atoms with Gasteiger partial charge in [0.25, 0.3) is 0 Å². The maximum Gasteiger partial charge on any atom is 0.127 e. The van der Waals surface area contributed by atoms with Gasteiger partial charge < -0.3 is 9.47 Å². The van der Waals surface area contributed by atoms with Crippen LogP contribution in [0.2, 0.25) is 0 Å². The van der Waals surface area contributed by atoms with E-state index in [-0.39, 0.29) is 0 Å². The van der Waals surface area contributed by atoms with Crippen LogP contribution in [0.1, 0.15) is 102 Å². The molecule has 0 bridgehead atoms. The van der Waals surface area contributed by atoms with Crippen molar-refractivity contribution in [1.82, 2.24) is 0 Å². The molecular formula is C40H50O2S2. The summed E-state index contributed by atoms with van der Waals surface area (Å²) < 4.78 is 12.2. The third kappa shape index (κ3) is 13.0. The lowest BCUT2D eigenvalue weighted by Crippen LogP contribution is -1.88. The van der Waals surface area contributed by atoms with E-state index in [4.69, 9.17) is 9.47 Å². The molecule has 4 rings (SSSR count). The van der Waals surface area contributed by atoms with E-state index in [0.717, 1.165) is 35.8 Å². The minimum Gasteiger partial charge on any atom is -0.457 e. The van der Waals surface area contributed by atoms with E-state index in [1.165, 1.54) is 98.0 Å². The summed E-state index contributed by atoms with van der Waals surface area (Å²) in [4.78, 5) is 2.39. The molecule has 0 saturated heterocycles. The van der Waals surface area contributed by atoms with Gasteiger partial charge in [-0.3, -0.25) is 0 Å². The summed E-state index contributed by atoms with van der Waals surface area (Å²) in [5.41, 5.74) is 2.79. The van der Waals surface area contributed by atoms with E-state index in [9.17, 15) is 0 Å². The van der Waals surface area contributed by atoms with Gasteiger partial charge in [-0.25, -0.2) is 0 Å². The highest BCUT2D eigenvalue weighted by atomic mass is 33.1. The first kappa shape index (κ1) is 34.1. The topological polar surface area (TPSA) is 18.5 Å². The average molecular weight is 627 g/mol. The molecule has 44 heavy (non-hydrogen) atoms. The highest BCUT2D eigenvalue weighted by molar-refractivity contribution is 8.76. The molecule has 0 saturated carbocycles. The summed E-state index contributed by atoms with van der Waals surface area (Å²) in [6.07, 6.45) is 18.3. The van der Waals surface area contributed by atoms with Gasteiger partial charge in [0.1, 0.15) is 23.0 Å². The zero-order valence-electron chi connectivity index (χ0n) is 26.8. The van der Waals surface area contributed by atoms with E-state index in [1.54, 1.807) is 21.6 Å². The number of hydrogen-bond donors (Lipinski definition) is 0. The number of unbranched alkanes of at least 4 members (excludes halogenated alkanes) is 10. The van der Waals surface area contributed by atoms with Crippen LogP contribution in [0.4, 0.5) is 0 Å². The molecule has 0 aliphatic heterocycles. The van der Waals surface area contributed by atoms with Crippen molar-refractivity contribution in [2.75, 3.05) is 0 Å². The van der Waals surface area contributed by atoms with Crippen molar-refractivity contribution in [2.24, 2.45) is 0 Å². The molecule has 0 fully saturated rings. The Bertz CT molecular complexity index is 1190. The lowest BCUT2D eigenvalue weighted by molar-refractivity contribution is 0.481. The van der Waals surface area contributed by atoms with E-state index in [0.29, 0.717) is 0 Å². The first-order chi connectivity index (χ1) is 21.7. The second-order valence-corrected chi connectivity index (χ2v) is 13.9. The van der Waals surface area contributed by atoms with Crippen molar-refractivity contribution in [3.05, 3.63) is 108 Å². The molecule has 0 aromatic heterocycles. The van der Waals surface area contributed by atoms with Crippen molar-refractivity contribution in [1.29, 1.82) is 0 Å². The molecule has 4 heteroatoms. The van der Waals surface area contributed by atoms with Crippen LogP contribution in [0.3, 0.4) is 0 Å². The van der Waals surface area contributed by atoms with Gasteiger partial charge in [-0.1, -0.05) is 124 Å². The van der Waals surface area contributed by atoms with Gasteiger partial charge in [0.2, 0.25) is 0 Å². The molecular weight excluding hydrogens is 577 g/mol. The predicted octanol–water partition coefficient (Wildman–Crippen LogP) is 13.9. The standard InChI is InChI=1S/C40H50O2S2/c1-3-5-7-9-11-13-15-33-17-21-35(22-18-33)41-37-25-29-39(30-26-37)43-44-40-31-27-38(28-32-40)42-36-23-19-34(20-24-36)16-14-12-10-8-6-4-2/h17-32H,3-16H2,1-2H3. The molecule has 0 atom stereocenters. The number of hydrogen-bond acceptors (Lipinski definition) is 4. The molecule has 0 aliphatic carbocycles. The lowest BCUT2D eigenvalue weighted by atomic mass is 10.0. The Hall–Kier alpha value is -2.82. The monoisotopic (exact) mass is 626 g/mol. The van der Waals surface area contributed by atoms with Crippen molar-refractivity contribution < 1.29 is 9.47 Å². The Balaban J connectivity index is 1.14. The first-order valence-electron chi connectivity index (χ1n) is 16.8. The molecule has 0 unspecified atom stereocenters. The van der Waals surface area contributed by atoms with E-state index in [2.05, 4.69) is 86.6 Å². The Morgan fingerprint density at radius 2 is 0.659 bits per heavy atom. The Morgan fingerprint density at radius 3 is 1.00 bits per heavy atom. The zero-order chi connectivity index (χ0) is 30.7. The van der Waals surface area contributed by atoms with Crippen LogP contribution < -0.4 is 9.47 Å². The van der Waals surface area contributed by atoms with Gasteiger partial charge >= 0.3 is 0 Å². The highest BCUT2D eigenvalue weighted by Gasteiger charge is 2.04. The molecule has 0 aliphatic rings. The van der Waals surface area contributed by atoms with Gasteiger partial charge in [0.05, 0.1) is 0 Å². The van der Waals surface area contributed by atoms with Gasteiger partial charge in [0, 0.05) is 9.79 Å². The minimum absolute atomic E-state index is 0.861. The number of ether oxygens (including phenoxy) is 2. The average Bonchev–Trinajstić information content (AvgIpc) is 3.06. The van der Waals surface area contributed by atoms with Gasteiger partial charge in [-0.2, -0.15) is 0 Å². The van der Waals surface area contributed by atoms with Crippen LogP contribution in [-0.4, -0.2) is 0 Å². The maximum atomic E-state index is 6.09. The smallest absolute Gasteiger partial charge is 0.127 e. The number of aryl methyl sites for hydroxylation is 2. The fourth-order valence-electron chi connectivity index (χ4n) is 5.16. The van der Waals surface area contributed by atoms with Gasteiger partial charge in [-0.15, -0.1) is 0 Å². The lowest BCUT2D eigenvalue weighted by Gasteiger charge is -2.09. The zero-order valence-corrected chi connectivity index (χ0v) is 28.4. The second kappa shape index (κ2) is 20.3. The molecule has 234 valence electrons. The normalized spacial score (nSPS) is 11.0. The SMILES string of the molecule is CCCCCCCCc1ccc(Oc2ccc(SSc3ccc(Oc4ccc(CCCCCCCC)cc4)cc3)cc2)cc1. The minimum atomic E-state index is 0.861. The van der Waals surface area contributed by atoms with Crippen LogP contribution in [0, 0.1) is 0 Å². The molecule has 0 amide bonds. The van der Waals surface area contributed by atoms with Crippen molar-refractivity contribution in [3.8, 4) is 23.0 Å². The third-order valence-electron chi connectivity index (χ3n) is 7.84. The molecule has 0 spiro atoms. The van der Waals surface area contributed by atoms with Crippen LogP contribution >= 0.6 is 21.6 Å². The number of rotatable bonds is 21. The summed E-state index contributed by atoms with van der Waals surface area (Å²) in [5, 5.41) is 0. The van der Waals surface area contributed by atoms with Crippen molar-refractivity contribution >= 4 is 21.6 Å². The number of benzene rings is 4. The fourth-order valence-corrected chi connectivity index (χ4v) is 7.09. The molecule has 0 heterocycles. The Labute approximate surface area is 274 Å². The van der Waals surface area contributed by atoms with Gasteiger partial charge in [0.15, 0.2) is 0 Å². The summed E-state index contributed by atoms with van der Waals surface area (Å²) in [7, 11) is 3.49. The second-order valence-electron chi connectivity index (χ2n) is 11.6. The molecule has 4 aromatic rings. The molecule has 4 aromatic carbocycles. The Morgan fingerprint density at radius 1 is 0.364 bits per heavy atom. The van der Waals surface area contributed by atoms with Crippen LogP contribution in [0.5, 0.6) is 23.0 Å². The van der Waals surface area contributed by atoms with Gasteiger partial charge in [-0.05, 0) is 110 Å². The fraction of sp³-hybridized carbons (Fsp3) is 0.400.